The normalized spacial score (nSPS) is 29.8. The molecule has 13 heavy (non-hydrogen) atoms. The first kappa shape index (κ1) is 11.0. The van der Waals surface area contributed by atoms with Crippen molar-refractivity contribution in [3.8, 4) is 0 Å². The molecule has 0 aromatic rings. The highest BCUT2D eigenvalue weighted by atomic mass is 16.3. The molecule has 2 nitrogen and oxygen atoms in total. The first-order valence-electron chi connectivity index (χ1n) is 5.59. The fourth-order valence-electron chi connectivity index (χ4n) is 1.99. The molecule has 0 aromatic heterocycles. The van der Waals surface area contributed by atoms with Crippen LogP contribution in [-0.2, 0) is 0 Å². The van der Waals surface area contributed by atoms with Gasteiger partial charge in [0.15, 0.2) is 0 Å². The third-order valence-electron chi connectivity index (χ3n) is 2.86. The maximum absolute atomic E-state index is 9.73. The summed E-state index contributed by atoms with van der Waals surface area (Å²) in [4.78, 5) is 2.38. The van der Waals surface area contributed by atoms with E-state index in [0.717, 1.165) is 19.5 Å². The number of hydrogen-bond donors (Lipinski definition) is 1. The molecule has 1 rings (SSSR count). The van der Waals surface area contributed by atoms with E-state index >= 15 is 0 Å². The molecule has 1 fully saturated rings. The Morgan fingerprint density at radius 3 is 2.62 bits per heavy atom. The van der Waals surface area contributed by atoms with E-state index in [0.29, 0.717) is 0 Å². The topological polar surface area (TPSA) is 23.5 Å². The summed E-state index contributed by atoms with van der Waals surface area (Å²) in [5, 5.41) is 9.73. The van der Waals surface area contributed by atoms with E-state index in [9.17, 15) is 5.11 Å². The average Bonchev–Trinajstić information content (AvgIpc) is 2.40. The summed E-state index contributed by atoms with van der Waals surface area (Å²) in [7, 11) is 0. The molecule has 0 aliphatic carbocycles. The van der Waals surface area contributed by atoms with E-state index in [2.05, 4.69) is 11.8 Å². The zero-order valence-electron chi connectivity index (χ0n) is 9.05. The number of likely N-dealkylation sites (tertiary alicyclic amines) is 1. The predicted octanol–water partition coefficient (Wildman–Crippen LogP) is 2.02. The van der Waals surface area contributed by atoms with Crippen LogP contribution in [-0.4, -0.2) is 35.2 Å². The molecule has 0 amide bonds. The van der Waals surface area contributed by atoms with Crippen LogP contribution in [0.2, 0.25) is 0 Å². The minimum atomic E-state index is -0.412. The molecule has 1 unspecified atom stereocenters. The molecule has 0 radical (unpaired) electrons. The van der Waals surface area contributed by atoms with E-state index in [-0.39, 0.29) is 0 Å². The number of aliphatic hydroxyl groups is 1. The number of unbranched alkanes of at least 4 members (excludes halogenated alkanes) is 3. The van der Waals surface area contributed by atoms with Crippen LogP contribution in [0, 0.1) is 0 Å². The summed E-state index contributed by atoms with van der Waals surface area (Å²) in [5.74, 6) is 0. The molecule has 1 N–H and O–H groups in total. The van der Waals surface area contributed by atoms with Gasteiger partial charge < -0.3 is 10.0 Å². The van der Waals surface area contributed by atoms with Gasteiger partial charge in [-0.2, -0.15) is 0 Å². The lowest BCUT2D eigenvalue weighted by molar-refractivity contribution is 0.0686. The Balaban J connectivity index is 2.04. The van der Waals surface area contributed by atoms with Gasteiger partial charge in [-0.05, 0) is 26.3 Å². The lowest BCUT2D eigenvalue weighted by Crippen LogP contribution is -2.30. The van der Waals surface area contributed by atoms with Gasteiger partial charge in [0.2, 0.25) is 0 Å². The number of β-amino-alcohol motifs (C(OH)–C–C–N with tert-alkyl or cyclic N) is 1. The summed E-state index contributed by atoms with van der Waals surface area (Å²) in [6.45, 7) is 7.31. The van der Waals surface area contributed by atoms with E-state index in [1.165, 1.54) is 32.2 Å². The lowest BCUT2D eigenvalue weighted by atomic mass is 10.1. The molecule has 0 spiro atoms. The summed E-state index contributed by atoms with van der Waals surface area (Å²) < 4.78 is 0. The van der Waals surface area contributed by atoms with Gasteiger partial charge in [-0.1, -0.05) is 26.2 Å². The number of nitrogens with zero attached hydrogens (tertiary/aromatic N) is 1. The summed E-state index contributed by atoms with van der Waals surface area (Å²) in [6, 6.07) is 0. The zero-order valence-corrected chi connectivity index (χ0v) is 9.05. The van der Waals surface area contributed by atoms with E-state index in [4.69, 9.17) is 0 Å². The number of rotatable bonds is 5. The minimum absolute atomic E-state index is 0.412. The molecule has 0 aromatic carbocycles. The second kappa shape index (κ2) is 4.97. The van der Waals surface area contributed by atoms with Gasteiger partial charge in [0, 0.05) is 13.1 Å². The first-order chi connectivity index (χ1) is 6.14. The lowest BCUT2D eigenvalue weighted by Gasteiger charge is -2.18. The quantitative estimate of drug-likeness (QED) is 0.662. The molecule has 1 atom stereocenters. The largest absolute Gasteiger partial charge is 0.389 e. The van der Waals surface area contributed by atoms with Gasteiger partial charge in [-0.15, -0.1) is 0 Å². The average molecular weight is 185 g/mol. The van der Waals surface area contributed by atoms with Crippen LogP contribution in [0.5, 0.6) is 0 Å². The first-order valence-corrected chi connectivity index (χ1v) is 5.59. The Kier molecular flexibility index (Phi) is 4.20. The van der Waals surface area contributed by atoms with Crippen molar-refractivity contribution in [1.29, 1.82) is 0 Å². The van der Waals surface area contributed by atoms with Crippen molar-refractivity contribution >= 4 is 0 Å². The molecular weight excluding hydrogens is 162 g/mol. The van der Waals surface area contributed by atoms with E-state index in [1.807, 2.05) is 6.92 Å². The van der Waals surface area contributed by atoms with Crippen LogP contribution in [0.4, 0.5) is 0 Å². The Bertz CT molecular complexity index is 145. The monoisotopic (exact) mass is 185 g/mol. The molecule has 1 aliphatic rings. The Labute approximate surface area is 81.9 Å². The van der Waals surface area contributed by atoms with Crippen molar-refractivity contribution in [3.63, 3.8) is 0 Å². The Hall–Kier alpha value is -0.0800. The summed E-state index contributed by atoms with van der Waals surface area (Å²) in [5.41, 5.74) is -0.412. The third-order valence-corrected chi connectivity index (χ3v) is 2.86. The van der Waals surface area contributed by atoms with Crippen LogP contribution in [0.15, 0.2) is 0 Å². The molecule has 0 bridgehead atoms. The standard InChI is InChI=1S/C11H23NO/c1-3-4-5-6-8-12-9-7-11(2,13)10-12/h13H,3-10H2,1-2H3. The molecule has 1 saturated heterocycles. The number of hydrogen-bond acceptors (Lipinski definition) is 2. The van der Waals surface area contributed by atoms with Gasteiger partial charge in [0.05, 0.1) is 5.60 Å². The zero-order chi connectivity index (χ0) is 9.73. The highest BCUT2D eigenvalue weighted by molar-refractivity contribution is 4.85. The van der Waals surface area contributed by atoms with Gasteiger partial charge >= 0.3 is 0 Å². The van der Waals surface area contributed by atoms with Crippen molar-refractivity contribution in [2.24, 2.45) is 0 Å². The SMILES string of the molecule is CCCCCCN1CCC(C)(O)C1. The fourth-order valence-corrected chi connectivity index (χ4v) is 1.99. The van der Waals surface area contributed by atoms with E-state index in [1.54, 1.807) is 0 Å². The van der Waals surface area contributed by atoms with Crippen LogP contribution >= 0.6 is 0 Å². The maximum atomic E-state index is 9.73. The van der Waals surface area contributed by atoms with Crippen molar-refractivity contribution in [1.82, 2.24) is 4.90 Å². The summed E-state index contributed by atoms with van der Waals surface area (Å²) in [6.07, 6.45) is 6.24. The molecule has 1 aliphatic heterocycles. The molecular formula is C11H23NO. The molecule has 2 heteroatoms. The molecule has 1 heterocycles. The smallest absolute Gasteiger partial charge is 0.0758 e. The van der Waals surface area contributed by atoms with Crippen molar-refractivity contribution in [2.75, 3.05) is 19.6 Å². The fraction of sp³-hybridized carbons (Fsp3) is 1.00. The molecule has 0 saturated carbocycles. The van der Waals surface area contributed by atoms with Crippen molar-refractivity contribution in [2.45, 2.75) is 51.6 Å². The highest BCUT2D eigenvalue weighted by Gasteiger charge is 2.30. The van der Waals surface area contributed by atoms with Crippen LogP contribution < -0.4 is 0 Å². The predicted molar refractivity (Wildman–Crippen MR) is 55.8 cm³/mol. The maximum Gasteiger partial charge on any atom is 0.0758 e. The van der Waals surface area contributed by atoms with Gasteiger partial charge in [0.25, 0.3) is 0 Å². The highest BCUT2D eigenvalue weighted by Crippen LogP contribution is 2.20. The Morgan fingerprint density at radius 1 is 1.31 bits per heavy atom. The second-order valence-electron chi connectivity index (χ2n) is 4.58. The van der Waals surface area contributed by atoms with Gasteiger partial charge in [-0.25, -0.2) is 0 Å². The van der Waals surface area contributed by atoms with Crippen LogP contribution in [0.3, 0.4) is 0 Å². The third kappa shape index (κ3) is 4.10. The minimum Gasteiger partial charge on any atom is -0.389 e. The summed E-state index contributed by atoms with van der Waals surface area (Å²) >= 11 is 0. The van der Waals surface area contributed by atoms with Crippen LogP contribution in [0.25, 0.3) is 0 Å². The van der Waals surface area contributed by atoms with E-state index < -0.39 is 5.60 Å². The van der Waals surface area contributed by atoms with Gasteiger partial charge in [0.1, 0.15) is 0 Å². The van der Waals surface area contributed by atoms with Gasteiger partial charge in [-0.3, -0.25) is 0 Å². The van der Waals surface area contributed by atoms with Crippen molar-refractivity contribution < 1.29 is 5.11 Å². The van der Waals surface area contributed by atoms with Crippen LogP contribution in [0.1, 0.15) is 46.0 Å². The molecule has 78 valence electrons. The second-order valence-corrected chi connectivity index (χ2v) is 4.58. The Morgan fingerprint density at radius 2 is 2.08 bits per heavy atom. The van der Waals surface area contributed by atoms with Crippen molar-refractivity contribution in [3.05, 3.63) is 0 Å².